The summed E-state index contributed by atoms with van der Waals surface area (Å²) in [5, 5.41) is 2.41. The Morgan fingerprint density at radius 2 is 0.971 bits per heavy atom. The van der Waals surface area contributed by atoms with Gasteiger partial charge in [0.15, 0.2) is 0 Å². The summed E-state index contributed by atoms with van der Waals surface area (Å²) in [5.41, 5.74) is 18.7. The fourth-order valence-electron chi connectivity index (χ4n) is 5.51. The van der Waals surface area contributed by atoms with E-state index in [-0.39, 0.29) is 11.6 Å². The van der Waals surface area contributed by atoms with Crippen LogP contribution in [0.5, 0.6) is 0 Å². The summed E-state index contributed by atoms with van der Waals surface area (Å²) in [4.78, 5) is 20.7. The third kappa shape index (κ3) is 18.2. The van der Waals surface area contributed by atoms with Crippen molar-refractivity contribution >= 4 is 143 Å². The minimum atomic E-state index is -0.149. The maximum atomic E-state index is 13.4. The van der Waals surface area contributed by atoms with Gasteiger partial charge in [-0.3, -0.25) is 0 Å². The highest BCUT2D eigenvalue weighted by Crippen LogP contribution is 2.30. The second-order valence-electron chi connectivity index (χ2n) is 13.3. The molecule has 5 nitrogen and oxygen atoms in total. The monoisotopic (exact) mass is 1080 g/mol. The van der Waals surface area contributed by atoms with E-state index in [1.807, 2.05) is 176 Å². The van der Waals surface area contributed by atoms with Crippen LogP contribution in [0.3, 0.4) is 0 Å². The fraction of sp³-hybridized carbons (Fsp3) is 0.340. The van der Waals surface area contributed by atoms with E-state index < -0.39 is 0 Å². The van der Waals surface area contributed by atoms with E-state index in [2.05, 4.69) is 24.9 Å². The van der Waals surface area contributed by atoms with Gasteiger partial charge in [0.2, 0.25) is 0 Å². The Hall–Kier alpha value is -3.72. The molecule has 0 spiro atoms. The van der Waals surface area contributed by atoms with Crippen LogP contribution in [-0.4, -0.2) is 24.9 Å². The van der Waals surface area contributed by atoms with Crippen LogP contribution in [0.4, 0.5) is 8.78 Å². The van der Waals surface area contributed by atoms with Crippen molar-refractivity contribution in [3.05, 3.63) is 143 Å². The number of aromatic nitrogens is 5. The zero-order valence-corrected chi connectivity index (χ0v) is 48.5. The van der Waals surface area contributed by atoms with Crippen molar-refractivity contribution in [1.29, 1.82) is 0 Å². The number of thiazole rings is 5. The van der Waals surface area contributed by atoms with Crippen LogP contribution in [0.1, 0.15) is 124 Å². The fourth-order valence-corrected chi connectivity index (χ4v) is 9.82. The average Bonchev–Trinajstić information content (AvgIpc) is 4.23. The van der Waals surface area contributed by atoms with E-state index in [0.29, 0.717) is 15.3 Å². The highest BCUT2D eigenvalue weighted by Gasteiger charge is 2.09. The smallest absolute Gasteiger partial charge is 0.142 e. The summed E-state index contributed by atoms with van der Waals surface area (Å²) in [7, 11) is 0. The van der Waals surface area contributed by atoms with Gasteiger partial charge in [-0.2, -0.15) is 0 Å². The molecule has 0 aliphatic rings. The molecule has 0 N–H and O–H groups in total. The first-order valence-electron chi connectivity index (χ1n) is 22.8. The average molecular weight is 1080 g/mol. The molecule has 0 bridgehead atoms. The second-order valence-corrected chi connectivity index (χ2v) is 18.8. The predicted molar refractivity (Wildman–Crippen MR) is 307 cm³/mol. The lowest BCUT2D eigenvalue weighted by Crippen LogP contribution is -1.88. The molecule has 10 aromatic rings. The van der Waals surface area contributed by atoms with Gasteiger partial charge in [0.05, 0.1) is 83.2 Å². The topological polar surface area (TPSA) is 64.5 Å². The van der Waals surface area contributed by atoms with Gasteiger partial charge in [0, 0.05) is 5.02 Å². The highest BCUT2D eigenvalue weighted by atomic mass is 35.5. The van der Waals surface area contributed by atoms with Crippen LogP contribution in [0.25, 0.3) is 51.1 Å². The number of hydrogen-bond donors (Lipinski definition) is 0. The van der Waals surface area contributed by atoms with Crippen molar-refractivity contribution in [2.45, 2.75) is 123 Å². The van der Waals surface area contributed by atoms with E-state index in [4.69, 9.17) is 34.8 Å². The number of fused-ring (bicyclic) bond motifs is 5. The first-order valence-corrected chi connectivity index (χ1v) is 28.4. The van der Waals surface area contributed by atoms with Crippen LogP contribution in [-0.2, 0) is 6.42 Å². The molecule has 0 aliphatic carbocycles. The minimum absolute atomic E-state index is 0.146. The van der Waals surface area contributed by atoms with E-state index in [1.165, 1.54) is 22.7 Å². The molecule has 10 rings (SSSR count). The van der Waals surface area contributed by atoms with Crippen molar-refractivity contribution < 1.29 is 8.78 Å². The van der Waals surface area contributed by atoms with Gasteiger partial charge in [0.25, 0.3) is 0 Å². The van der Waals surface area contributed by atoms with Gasteiger partial charge in [-0.25, -0.2) is 33.7 Å². The number of halogens is 5. The van der Waals surface area contributed by atoms with Gasteiger partial charge >= 0.3 is 0 Å². The van der Waals surface area contributed by atoms with Crippen molar-refractivity contribution in [3.8, 4) is 0 Å². The van der Waals surface area contributed by atoms with Crippen LogP contribution in [0.2, 0.25) is 15.1 Å². The van der Waals surface area contributed by atoms with Crippen molar-refractivity contribution in [2.24, 2.45) is 0 Å². The highest BCUT2D eigenvalue weighted by molar-refractivity contribution is 7.18. The molecule has 0 saturated carbocycles. The quantitative estimate of drug-likeness (QED) is 0.173. The maximum Gasteiger partial charge on any atom is 0.142 e. The van der Waals surface area contributed by atoms with Crippen LogP contribution in [0.15, 0.2) is 88.2 Å². The van der Waals surface area contributed by atoms with E-state index >= 15 is 0 Å². The molecule has 5 aromatic heterocycles. The molecule has 15 heteroatoms. The molecule has 5 aromatic carbocycles. The first kappa shape index (κ1) is 62.3. The van der Waals surface area contributed by atoms with Gasteiger partial charge in [-0.1, -0.05) is 131 Å². The number of nitrogens with zero attached hydrogens (tertiary/aromatic N) is 5. The van der Waals surface area contributed by atoms with E-state index in [9.17, 15) is 8.78 Å². The van der Waals surface area contributed by atoms with Crippen LogP contribution < -0.4 is 0 Å². The van der Waals surface area contributed by atoms with Gasteiger partial charge in [-0.05, 0) is 116 Å². The summed E-state index contributed by atoms with van der Waals surface area (Å²) in [6.45, 7) is 32.1. The second kappa shape index (κ2) is 33.7. The molecule has 0 fully saturated rings. The lowest BCUT2D eigenvalue weighted by molar-refractivity contribution is 0.637. The van der Waals surface area contributed by atoms with Crippen molar-refractivity contribution in [3.63, 3.8) is 0 Å². The summed E-state index contributed by atoms with van der Waals surface area (Å²) in [5.74, 6) is 0.0520. The Labute approximate surface area is 438 Å². The number of hydrogen-bond acceptors (Lipinski definition) is 10. The molecule has 0 radical (unpaired) electrons. The molecule has 0 amide bonds. The Balaban J connectivity index is 0.000000406. The van der Waals surface area contributed by atoms with Crippen LogP contribution in [0, 0.1) is 32.4 Å². The zero-order chi connectivity index (χ0) is 51.5. The molecule has 5 heterocycles. The number of rotatable bonds is 2. The summed E-state index contributed by atoms with van der Waals surface area (Å²) < 4.78 is 31.4. The molecule has 68 heavy (non-hydrogen) atoms. The Morgan fingerprint density at radius 1 is 0.485 bits per heavy atom. The Morgan fingerprint density at radius 3 is 1.54 bits per heavy atom. The molecule has 0 unspecified atom stereocenters. The van der Waals surface area contributed by atoms with Gasteiger partial charge in [0.1, 0.15) is 17.2 Å². The Kier molecular flexibility index (Phi) is 30.9. The normalized spacial score (nSPS) is 9.74. The van der Waals surface area contributed by atoms with Gasteiger partial charge < -0.3 is 0 Å². The van der Waals surface area contributed by atoms with Gasteiger partial charge in [-0.15, -0.1) is 56.7 Å². The standard InChI is InChI=1S/C10H10FNS.C9H8FNS.3C8H6ClNS.5C2H6/c1-6(2)7-3-8(11)10-9(4-7)12-5-13-10;1-2-6-3-7(10)9-8(4-6)11-5-12-9;1-5-2-7-8(3-6(5)9)11-4-10-7;1-5-2-6(9)8-7(3-5)10-4-11-8;1-5-2-3-6-8(7(5)9)10-4-11-6;5*1-2/h3-6H,1-2H3;3-5H,2H2,1H3;3*2-4H,1H3;5*1-2H3. The summed E-state index contributed by atoms with van der Waals surface area (Å²) in [6, 6.07) is 19.1. The molecular weight excluding hydrogens is 1010 g/mol. The third-order valence-corrected chi connectivity index (χ3v) is 14.2. The van der Waals surface area contributed by atoms with E-state index in [1.54, 1.807) is 57.2 Å². The number of aryl methyl sites for hydroxylation is 4. The minimum Gasteiger partial charge on any atom is -0.245 e. The van der Waals surface area contributed by atoms with E-state index in [0.717, 1.165) is 91.0 Å². The molecular formula is C53H66Cl3F2N5S5. The molecule has 368 valence electrons. The SMILES string of the molecule is CC.CC.CC.CC.CC.CC(C)c1cc(F)c2scnc2c1.CCc1cc(F)c2scnc2c1.Cc1cc(Cl)c2scnc2c1.Cc1cc2ncsc2cc1Cl.Cc1ccc2scnc2c1Cl. The summed E-state index contributed by atoms with van der Waals surface area (Å²) >= 11 is 25.4. The van der Waals surface area contributed by atoms with Crippen molar-refractivity contribution in [1.82, 2.24) is 24.9 Å². The predicted octanol–water partition coefficient (Wildman–Crippen LogP) is 21.5. The largest absolute Gasteiger partial charge is 0.245 e. The maximum absolute atomic E-state index is 13.4. The lowest BCUT2D eigenvalue weighted by Gasteiger charge is -2.04. The van der Waals surface area contributed by atoms with Crippen molar-refractivity contribution in [2.75, 3.05) is 0 Å². The zero-order valence-electron chi connectivity index (χ0n) is 42.1. The molecule has 0 atom stereocenters. The first-order chi connectivity index (χ1) is 32.8. The van der Waals surface area contributed by atoms with Crippen LogP contribution >= 0.6 is 91.5 Å². The Bertz CT molecular complexity index is 2920. The molecule has 0 aliphatic heterocycles. The third-order valence-electron chi connectivity index (χ3n) is 8.71. The molecule has 0 saturated heterocycles. The lowest BCUT2D eigenvalue weighted by atomic mass is 10.0. The summed E-state index contributed by atoms with van der Waals surface area (Å²) in [6.07, 6.45) is 0.852. The number of benzene rings is 5.